The number of nitrogens with zero attached hydrogens (tertiary/aromatic N) is 2. The summed E-state index contributed by atoms with van der Waals surface area (Å²) in [6.45, 7) is 0. The number of halogens is 1. The first-order chi connectivity index (χ1) is 8.84. The van der Waals surface area contributed by atoms with E-state index in [-0.39, 0.29) is 0 Å². The van der Waals surface area contributed by atoms with Gasteiger partial charge in [-0.3, -0.25) is 3.59 Å². The average molecular weight is 299 g/mol. The van der Waals surface area contributed by atoms with Crippen LogP contribution in [0.3, 0.4) is 0 Å². The van der Waals surface area contributed by atoms with E-state index in [4.69, 9.17) is 0 Å². The number of benzene rings is 2. The number of para-hydroxylation sites is 2. The van der Waals surface area contributed by atoms with Crippen molar-refractivity contribution in [3.8, 4) is 0 Å². The van der Waals surface area contributed by atoms with Crippen molar-refractivity contribution >= 4 is 39.3 Å². The highest BCUT2D eigenvalue weighted by molar-refractivity contribution is 9.08. The molecule has 88 valence electrons. The minimum absolute atomic E-state index is 0.889. The van der Waals surface area contributed by atoms with E-state index in [1.165, 1.54) is 0 Å². The lowest BCUT2D eigenvalue weighted by atomic mass is 10.2. The number of imidazole rings is 1. The zero-order chi connectivity index (χ0) is 12.4. The molecule has 1 heterocycles. The molecule has 0 fully saturated rings. The van der Waals surface area contributed by atoms with Gasteiger partial charge in [-0.2, -0.15) is 0 Å². The molecule has 0 spiro atoms. The highest BCUT2D eigenvalue weighted by Crippen LogP contribution is 2.19. The first-order valence-electron chi connectivity index (χ1n) is 5.71. The smallest absolute Gasteiger partial charge is 0.144 e. The third-order valence-electron chi connectivity index (χ3n) is 2.75. The number of rotatable bonds is 2. The van der Waals surface area contributed by atoms with Crippen LogP contribution in [0.15, 0.2) is 54.6 Å². The maximum atomic E-state index is 4.56. The number of aromatic nitrogens is 2. The fraction of sp³-hybridized carbons (Fsp3) is 0. The summed E-state index contributed by atoms with van der Waals surface area (Å²) >= 11 is 3.53. The molecule has 0 saturated heterocycles. The van der Waals surface area contributed by atoms with Crippen molar-refractivity contribution in [2.24, 2.45) is 0 Å². The normalized spacial score (nSPS) is 11.4. The Bertz CT molecular complexity index is 699. The summed E-state index contributed by atoms with van der Waals surface area (Å²) in [6, 6.07) is 18.2. The highest BCUT2D eigenvalue weighted by Gasteiger charge is 2.04. The summed E-state index contributed by atoms with van der Waals surface area (Å²) in [7, 11) is 0. The van der Waals surface area contributed by atoms with Crippen LogP contribution in [0.2, 0.25) is 0 Å². The van der Waals surface area contributed by atoms with Crippen molar-refractivity contribution in [2.75, 3.05) is 0 Å². The van der Waals surface area contributed by atoms with Crippen molar-refractivity contribution in [1.82, 2.24) is 8.58 Å². The molecule has 0 saturated carbocycles. The Balaban J connectivity index is 2.00. The van der Waals surface area contributed by atoms with E-state index in [1.807, 2.05) is 52.1 Å². The van der Waals surface area contributed by atoms with Gasteiger partial charge >= 0.3 is 0 Å². The average Bonchev–Trinajstić information content (AvgIpc) is 2.75. The zero-order valence-corrected chi connectivity index (χ0v) is 11.2. The topological polar surface area (TPSA) is 17.8 Å². The number of fused-ring (bicyclic) bond motifs is 1. The molecule has 2 nitrogen and oxygen atoms in total. The SMILES string of the molecule is Brn1c(C=Cc2ccccc2)nc2ccccc21. The van der Waals surface area contributed by atoms with Gasteiger partial charge in [-0.15, -0.1) is 0 Å². The summed E-state index contributed by atoms with van der Waals surface area (Å²) in [4.78, 5) is 4.56. The lowest BCUT2D eigenvalue weighted by Gasteiger charge is -1.94. The van der Waals surface area contributed by atoms with Crippen LogP contribution >= 0.6 is 16.1 Å². The van der Waals surface area contributed by atoms with Gasteiger partial charge in [0, 0.05) is 0 Å². The van der Waals surface area contributed by atoms with Crippen molar-refractivity contribution in [3.63, 3.8) is 0 Å². The van der Waals surface area contributed by atoms with Gasteiger partial charge < -0.3 is 0 Å². The molecule has 3 aromatic rings. The third-order valence-corrected chi connectivity index (χ3v) is 3.50. The van der Waals surface area contributed by atoms with Crippen molar-refractivity contribution in [1.29, 1.82) is 0 Å². The van der Waals surface area contributed by atoms with E-state index in [0.29, 0.717) is 0 Å². The molecule has 2 aromatic carbocycles. The van der Waals surface area contributed by atoms with Crippen LogP contribution < -0.4 is 0 Å². The van der Waals surface area contributed by atoms with E-state index in [1.54, 1.807) is 0 Å². The summed E-state index contributed by atoms with van der Waals surface area (Å²) < 4.78 is 1.92. The van der Waals surface area contributed by atoms with E-state index >= 15 is 0 Å². The Morgan fingerprint density at radius 2 is 1.61 bits per heavy atom. The van der Waals surface area contributed by atoms with Crippen LogP contribution in [0.5, 0.6) is 0 Å². The minimum atomic E-state index is 0.889. The molecule has 0 bridgehead atoms. The van der Waals surface area contributed by atoms with Crippen molar-refractivity contribution in [3.05, 3.63) is 66.0 Å². The van der Waals surface area contributed by atoms with Gasteiger partial charge in [0.1, 0.15) is 5.82 Å². The van der Waals surface area contributed by atoms with Gasteiger partial charge in [-0.05, 0) is 23.8 Å². The minimum Gasteiger partial charge on any atom is -0.258 e. The van der Waals surface area contributed by atoms with E-state index < -0.39 is 0 Å². The molecular formula is C15H11BrN2. The number of hydrogen-bond donors (Lipinski definition) is 0. The Kier molecular flexibility index (Phi) is 2.99. The standard InChI is InChI=1S/C15H11BrN2/c16-18-14-9-5-4-8-13(14)17-15(18)11-10-12-6-2-1-3-7-12/h1-11H. The molecule has 3 rings (SSSR count). The monoisotopic (exact) mass is 298 g/mol. The van der Waals surface area contributed by atoms with Crippen LogP contribution in [0, 0.1) is 0 Å². The Hall–Kier alpha value is -1.87. The molecule has 0 aliphatic carbocycles. The maximum absolute atomic E-state index is 4.56. The molecule has 3 heteroatoms. The molecule has 0 radical (unpaired) electrons. The van der Waals surface area contributed by atoms with Gasteiger partial charge in [-0.1, -0.05) is 48.5 Å². The molecule has 18 heavy (non-hydrogen) atoms. The Morgan fingerprint density at radius 1 is 0.889 bits per heavy atom. The fourth-order valence-electron chi connectivity index (χ4n) is 1.85. The summed E-state index contributed by atoms with van der Waals surface area (Å²) in [5.41, 5.74) is 3.23. The maximum Gasteiger partial charge on any atom is 0.144 e. The lowest BCUT2D eigenvalue weighted by molar-refractivity contribution is 1.25. The molecule has 0 unspecified atom stereocenters. The first-order valence-corrected chi connectivity index (χ1v) is 6.42. The largest absolute Gasteiger partial charge is 0.258 e. The van der Waals surface area contributed by atoms with E-state index in [0.717, 1.165) is 22.4 Å². The predicted octanol–water partition coefficient (Wildman–Crippen LogP) is 4.36. The van der Waals surface area contributed by atoms with Gasteiger partial charge in [0.2, 0.25) is 0 Å². The second kappa shape index (κ2) is 4.78. The Labute approximate surface area is 114 Å². The number of hydrogen-bond acceptors (Lipinski definition) is 1. The van der Waals surface area contributed by atoms with Crippen LogP contribution in [0.4, 0.5) is 0 Å². The summed E-state index contributed by atoms with van der Waals surface area (Å²) in [5.74, 6) is 0.889. The van der Waals surface area contributed by atoms with E-state index in [2.05, 4.69) is 39.3 Å². The molecule has 1 aromatic heterocycles. The lowest BCUT2D eigenvalue weighted by Crippen LogP contribution is -1.82. The van der Waals surface area contributed by atoms with Crippen LogP contribution in [-0.4, -0.2) is 8.58 Å². The Morgan fingerprint density at radius 3 is 2.39 bits per heavy atom. The van der Waals surface area contributed by atoms with Gasteiger partial charge in [0.25, 0.3) is 0 Å². The van der Waals surface area contributed by atoms with Gasteiger partial charge in [0.15, 0.2) is 0 Å². The van der Waals surface area contributed by atoms with Crippen LogP contribution in [-0.2, 0) is 0 Å². The summed E-state index contributed by atoms with van der Waals surface area (Å²) in [5, 5.41) is 0. The second-order valence-corrected chi connectivity index (χ2v) is 4.69. The first kappa shape index (κ1) is 11.2. The molecule has 0 amide bonds. The molecule has 0 N–H and O–H groups in total. The van der Waals surface area contributed by atoms with E-state index in [9.17, 15) is 0 Å². The third kappa shape index (κ3) is 2.09. The molecule has 0 atom stereocenters. The van der Waals surface area contributed by atoms with Gasteiger partial charge in [-0.25, -0.2) is 4.98 Å². The van der Waals surface area contributed by atoms with Crippen molar-refractivity contribution in [2.45, 2.75) is 0 Å². The predicted molar refractivity (Wildman–Crippen MR) is 79.4 cm³/mol. The molecule has 0 aliphatic rings. The highest BCUT2D eigenvalue weighted by atomic mass is 79.9. The molecular weight excluding hydrogens is 288 g/mol. The fourth-order valence-corrected chi connectivity index (χ4v) is 2.35. The van der Waals surface area contributed by atoms with Gasteiger partial charge in [0.05, 0.1) is 27.2 Å². The second-order valence-electron chi connectivity index (χ2n) is 3.98. The quantitative estimate of drug-likeness (QED) is 0.687. The zero-order valence-electron chi connectivity index (χ0n) is 9.62. The van der Waals surface area contributed by atoms with Crippen LogP contribution in [0.1, 0.15) is 11.4 Å². The van der Waals surface area contributed by atoms with Crippen molar-refractivity contribution < 1.29 is 0 Å². The van der Waals surface area contributed by atoms with Crippen LogP contribution in [0.25, 0.3) is 23.2 Å². The molecule has 0 aliphatic heterocycles. The summed E-state index contributed by atoms with van der Waals surface area (Å²) in [6.07, 6.45) is 4.06.